The van der Waals surface area contributed by atoms with Crippen molar-refractivity contribution in [3.8, 4) is 0 Å². The van der Waals surface area contributed by atoms with Gasteiger partial charge in [-0.3, -0.25) is 0 Å². The second kappa shape index (κ2) is 4.00. The molecule has 0 aromatic carbocycles. The highest BCUT2D eigenvalue weighted by Crippen LogP contribution is 2.26. The van der Waals surface area contributed by atoms with E-state index < -0.39 is 18.5 Å². The molecule has 1 rings (SSSR count). The molecule has 3 nitrogen and oxygen atoms in total. The maximum absolute atomic E-state index is 12.4. The van der Waals surface area contributed by atoms with E-state index in [-0.39, 0.29) is 6.61 Å². The summed E-state index contributed by atoms with van der Waals surface area (Å²) in [5.41, 5.74) is 0. The van der Waals surface area contributed by atoms with Crippen LogP contribution in [0.3, 0.4) is 0 Å². The standard InChI is InChI=1S/C8H12F2O3/c9-8(10,7(11)12)5-13-4-6-2-1-3-6/h6H,1-5H2,(H,11,12). The lowest BCUT2D eigenvalue weighted by molar-refractivity contribution is -0.174. The Kier molecular flexibility index (Phi) is 3.19. The molecule has 1 saturated carbocycles. The molecule has 0 radical (unpaired) electrons. The second-order valence-electron chi connectivity index (χ2n) is 3.32. The van der Waals surface area contributed by atoms with E-state index in [9.17, 15) is 13.6 Å². The molecule has 0 amide bonds. The van der Waals surface area contributed by atoms with Crippen LogP contribution in [0.4, 0.5) is 8.78 Å². The van der Waals surface area contributed by atoms with E-state index in [1.165, 1.54) is 0 Å². The summed E-state index contributed by atoms with van der Waals surface area (Å²) in [4.78, 5) is 9.95. The van der Waals surface area contributed by atoms with Gasteiger partial charge in [0.25, 0.3) is 0 Å². The van der Waals surface area contributed by atoms with Crippen LogP contribution in [0.5, 0.6) is 0 Å². The molecule has 13 heavy (non-hydrogen) atoms. The van der Waals surface area contributed by atoms with Gasteiger partial charge >= 0.3 is 11.9 Å². The lowest BCUT2D eigenvalue weighted by Gasteiger charge is -2.25. The molecule has 1 aliphatic carbocycles. The Morgan fingerprint density at radius 3 is 2.54 bits per heavy atom. The minimum atomic E-state index is -3.75. The van der Waals surface area contributed by atoms with Gasteiger partial charge in [0.1, 0.15) is 6.61 Å². The first-order valence-corrected chi connectivity index (χ1v) is 4.21. The van der Waals surface area contributed by atoms with Crippen LogP contribution in [0, 0.1) is 5.92 Å². The molecule has 1 N–H and O–H groups in total. The molecule has 1 fully saturated rings. The van der Waals surface area contributed by atoms with Gasteiger partial charge in [0, 0.05) is 6.61 Å². The van der Waals surface area contributed by atoms with Crippen LogP contribution in [-0.2, 0) is 9.53 Å². The molecule has 0 unspecified atom stereocenters. The molecule has 76 valence electrons. The van der Waals surface area contributed by atoms with E-state index in [4.69, 9.17) is 5.11 Å². The van der Waals surface area contributed by atoms with Crippen LogP contribution < -0.4 is 0 Å². The fourth-order valence-corrected chi connectivity index (χ4v) is 1.07. The zero-order chi connectivity index (χ0) is 9.90. The molecule has 0 heterocycles. The summed E-state index contributed by atoms with van der Waals surface area (Å²) in [6.07, 6.45) is 3.11. The number of hydrogen-bond donors (Lipinski definition) is 1. The van der Waals surface area contributed by atoms with Crippen LogP contribution in [-0.4, -0.2) is 30.2 Å². The van der Waals surface area contributed by atoms with E-state index in [2.05, 4.69) is 4.74 Å². The number of halogens is 2. The zero-order valence-corrected chi connectivity index (χ0v) is 7.13. The summed E-state index contributed by atoms with van der Waals surface area (Å²) in [6.45, 7) is -0.762. The summed E-state index contributed by atoms with van der Waals surface area (Å²) >= 11 is 0. The fourth-order valence-electron chi connectivity index (χ4n) is 1.07. The first-order chi connectivity index (χ1) is 6.02. The Bertz CT molecular complexity index is 190. The lowest BCUT2D eigenvalue weighted by atomic mass is 9.86. The quantitative estimate of drug-likeness (QED) is 0.721. The van der Waals surface area contributed by atoms with Crippen LogP contribution in [0.25, 0.3) is 0 Å². The molecule has 0 atom stereocenters. The number of hydrogen-bond acceptors (Lipinski definition) is 2. The van der Waals surface area contributed by atoms with Gasteiger partial charge in [-0.1, -0.05) is 6.42 Å². The van der Waals surface area contributed by atoms with Gasteiger partial charge in [0.15, 0.2) is 0 Å². The SMILES string of the molecule is O=C(O)C(F)(F)COCC1CCC1. The monoisotopic (exact) mass is 194 g/mol. The topological polar surface area (TPSA) is 46.5 Å². The van der Waals surface area contributed by atoms with Gasteiger partial charge in [-0.2, -0.15) is 8.78 Å². The number of carboxylic acids is 1. The molecule has 1 aliphatic rings. The third kappa shape index (κ3) is 2.91. The highest BCUT2D eigenvalue weighted by Gasteiger charge is 2.39. The minimum Gasteiger partial charge on any atom is -0.477 e. The third-order valence-electron chi connectivity index (χ3n) is 2.17. The van der Waals surface area contributed by atoms with E-state index in [0.29, 0.717) is 5.92 Å². The second-order valence-corrected chi connectivity index (χ2v) is 3.32. The van der Waals surface area contributed by atoms with E-state index in [1.807, 2.05) is 0 Å². The maximum Gasteiger partial charge on any atom is 0.377 e. The Morgan fingerprint density at radius 2 is 2.15 bits per heavy atom. The summed E-state index contributed by atoms with van der Waals surface area (Å²) < 4.78 is 29.4. The molecule has 0 bridgehead atoms. The first kappa shape index (κ1) is 10.4. The van der Waals surface area contributed by atoms with E-state index in [0.717, 1.165) is 19.3 Å². The molecular weight excluding hydrogens is 182 g/mol. The Morgan fingerprint density at radius 1 is 1.54 bits per heavy atom. The fraction of sp³-hybridized carbons (Fsp3) is 0.875. The van der Waals surface area contributed by atoms with Gasteiger partial charge in [-0.25, -0.2) is 4.79 Å². The van der Waals surface area contributed by atoms with Crippen molar-refractivity contribution in [2.45, 2.75) is 25.2 Å². The Balaban J connectivity index is 2.13. The van der Waals surface area contributed by atoms with Gasteiger partial charge < -0.3 is 9.84 Å². The van der Waals surface area contributed by atoms with Crippen molar-refractivity contribution >= 4 is 5.97 Å². The van der Waals surface area contributed by atoms with Crippen LogP contribution in [0.1, 0.15) is 19.3 Å². The van der Waals surface area contributed by atoms with Gasteiger partial charge in [-0.15, -0.1) is 0 Å². The average molecular weight is 194 g/mol. The predicted molar refractivity (Wildman–Crippen MR) is 40.7 cm³/mol. The largest absolute Gasteiger partial charge is 0.477 e. The van der Waals surface area contributed by atoms with Crippen molar-refractivity contribution in [1.82, 2.24) is 0 Å². The van der Waals surface area contributed by atoms with Crippen LogP contribution in [0.2, 0.25) is 0 Å². The van der Waals surface area contributed by atoms with E-state index >= 15 is 0 Å². The minimum absolute atomic E-state index is 0.253. The van der Waals surface area contributed by atoms with E-state index in [1.54, 1.807) is 0 Å². The summed E-state index contributed by atoms with van der Waals surface area (Å²) in [6, 6.07) is 0. The summed E-state index contributed by atoms with van der Waals surface area (Å²) in [5.74, 6) is -5.52. The van der Waals surface area contributed by atoms with Gasteiger partial charge in [0.2, 0.25) is 0 Å². The zero-order valence-electron chi connectivity index (χ0n) is 7.13. The smallest absolute Gasteiger partial charge is 0.377 e. The maximum atomic E-state index is 12.4. The molecule has 0 aromatic rings. The Labute approximate surface area is 74.7 Å². The number of aliphatic carboxylic acids is 1. The number of carboxylic acid groups (broad SMARTS) is 1. The molecular formula is C8H12F2O3. The number of ether oxygens (including phenoxy) is 1. The van der Waals surface area contributed by atoms with Crippen molar-refractivity contribution in [2.24, 2.45) is 5.92 Å². The van der Waals surface area contributed by atoms with Crippen molar-refractivity contribution in [2.75, 3.05) is 13.2 Å². The molecule has 0 aliphatic heterocycles. The summed E-state index contributed by atoms with van der Waals surface area (Å²) in [5, 5.41) is 8.05. The van der Waals surface area contributed by atoms with Crippen molar-refractivity contribution in [3.05, 3.63) is 0 Å². The van der Waals surface area contributed by atoms with Crippen molar-refractivity contribution in [3.63, 3.8) is 0 Å². The summed E-state index contributed by atoms with van der Waals surface area (Å²) in [7, 11) is 0. The number of carbonyl (C=O) groups is 1. The molecule has 5 heteroatoms. The van der Waals surface area contributed by atoms with Gasteiger partial charge in [-0.05, 0) is 18.8 Å². The van der Waals surface area contributed by atoms with Crippen molar-refractivity contribution < 1.29 is 23.4 Å². The number of rotatable bonds is 5. The molecule has 0 spiro atoms. The predicted octanol–water partition coefficient (Wildman–Crippen LogP) is 1.52. The Hall–Kier alpha value is -0.710. The van der Waals surface area contributed by atoms with Crippen molar-refractivity contribution in [1.29, 1.82) is 0 Å². The lowest BCUT2D eigenvalue weighted by Crippen LogP contribution is -2.34. The molecule has 0 saturated heterocycles. The van der Waals surface area contributed by atoms with Gasteiger partial charge in [0.05, 0.1) is 0 Å². The third-order valence-corrected chi connectivity index (χ3v) is 2.17. The first-order valence-electron chi connectivity index (χ1n) is 4.21. The van der Waals surface area contributed by atoms with Crippen LogP contribution >= 0.6 is 0 Å². The highest BCUT2D eigenvalue weighted by molar-refractivity contribution is 5.75. The average Bonchev–Trinajstić information content (AvgIpc) is 1.94. The molecule has 0 aromatic heterocycles. The van der Waals surface area contributed by atoms with Crippen LogP contribution in [0.15, 0.2) is 0 Å². The number of alkyl halides is 2. The normalized spacial score (nSPS) is 18.3. The highest BCUT2D eigenvalue weighted by atomic mass is 19.3.